The van der Waals surface area contributed by atoms with Crippen molar-refractivity contribution in [1.82, 2.24) is 5.43 Å². The molecular weight excluding hydrogens is 228 g/mol. The van der Waals surface area contributed by atoms with Gasteiger partial charge in [0.1, 0.15) is 0 Å². The van der Waals surface area contributed by atoms with E-state index in [2.05, 4.69) is 55.7 Å². The Morgan fingerprint density at radius 3 is 2.35 bits per heavy atom. The molecule has 0 aliphatic heterocycles. The first-order valence-electron chi connectivity index (χ1n) is 5.86. The van der Waals surface area contributed by atoms with Crippen molar-refractivity contribution in [1.29, 1.82) is 0 Å². The summed E-state index contributed by atoms with van der Waals surface area (Å²) in [5.41, 5.74) is 5.46. The molecule has 1 atom stereocenters. The maximum atomic E-state index is 5.67. The van der Waals surface area contributed by atoms with Gasteiger partial charge in [-0.25, -0.2) is 5.43 Å². The van der Waals surface area contributed by atoms with Gasteiger partial charge < -0.3 is 0 Å². The highest BCUT2D eigenvalue weighted by molar-refractivity contribution is 7.12. The molecule has 0 spiro atoms. The summed E-state index contributed by atoms with van der Waals surface area (Å²) >= 11 is 1.78. The summed E-state index contributed by atoms with van der Waals surface area (Å²) in [6, 6.07) is 13.0. The molecule has 2 rings (SSSR count). The Morgan fingerprint density at radius 1 is 1.18 bits per heavy atom. The molecule has 0 radical (unpaired) electrons. The van der Waals surface area contributed by atoms with Gasteiger partial charge in [-0.1, -0.05) is 31.2 Å². The van der Waals surface area contributed by atoms with E-state index in [4.69, 9.17) is 5.84 Å². The molecule has 1 aromatic heterocycles. The highest BCUT2D eigenvalue weighted by Crippen LogP contribution is 2.27. The van der Waals surface area contributed by atoms with Gasteiger partial charge >= 0.3 is 0 Å². The van der Waals surface area contributed by atoms with Gasteiger partial charge in [-0.3, -0.25) is 5.84 Å². The number of rotatable bonds is 4. The fourth-order valence-corrected chi connectivity index (χ4v) is 2.86. The third-order valence-electron chi connectivity index (χ3n) is 2.93. The van der Waals surface area contributed by atoms with Gasteiger partial charge in [-0.2, -0.15) is 0 Å². The second-order valence-electron chi connectivity index (χ2n) is 4.14. The van der Waals surface area contributed by atoms with Crippen LogP contribution in [-0.2, 0) is 6.42 Å². The van der Waals surface area contributed by atoms with E-state index in [-0.39, 0.29) is 6.04 Å². The Hall–Kier alpha value is -1.16. The van der Waals surface area contributed by atoms with Crippen LogP contribution in [0, 0.1) is 6.92 Å². The fourth-order valence-electron chi connectivity index (χ4n) is 1.90. The zero-order chi connectivity index (χ0) is 12.3. The van der Waals surface area contributed by atoms with Crippen molar-refractivity contribution in [3.05, 3.63) is 57.3 Å². The molecule has 2 aromatic rings. The van der Waals surface area contributed by atoms with Gasteiger partial charge in [0, 0.05) is 9.75 Å². The molecule has 2 nitrogen and oxygen atoms in total. The van der Waals surface area contributed by atoms with Crippen molar-refractivity contribution < 1.29 is 0 Å². The highest BCUT2D eigenvalue weighted by atomic mass is 32.1. The van der Waals surface area contributed by atoms with E-state index in [1.165, 1.54) is 20.9 Å². The van der Waals surface area contributed by atoms with Gasteiger partial charge in [0.2, 0.25) is 0 Å². The smallest absolute Gasteiger partial charge is 0.0802 e. The molecule has 0 bridgehead atoms. The Labute approximate surface area is 106 Å². The maximum Gasteiger partial charge on any atom is 0.0802 e. The van der Waals surface area contributed by atoms with Crippen molar-refractivity contribution in [2.75, 3.05) is 0 Å². The summed E-state index contributed by atoms with van der Waals surface area (Å²) < 4.78 is 0. The second kappa shape index (κ2) is 5.45. The van der Waals surface area contributed by atoms with E-state index in [9.17, 15) is 0 Å². The summed E-state index contributed by atoms with van der Waals surface area (Å²) in [5.74, 6) is 5.67. The molecule has 3 N–H and O–H groups in total. The summed E-state index contributed by atoms with van der Waals surface area (Å²) in [4.78, 5) is 2.57. The van der Waals surface area contributed by atoms with Crippen LogP contribution in [0.2, 0.25) is 0 Å². The van der Waals surface area contributed by atoms with Crippen LogP contribution in [0.3, 0.4) is 0 Å². The number of hydrazine groups is 1. The molecule has 90 valence electrons. The summed E-state index contributed by atoms with van der Waals surface area (Å²) in [5, 5.41) is 0. The van der Waals surface area contributed by atoms with Crippen molar-refractivity contribution in [2.45, 2.75) is 26.3 Å². The van der Waals surface area contributed by atoms with Gasteiger partial charge in [0.15, 0.2) is 0 Å². The SMILES string of the molecule is CCc1ccc(C(NN)c2ccc(C)s2)cc1. The van der Waals surface area contributed by atoms with Crippen LogP contribution in [0.25, 0.3) is 0 Å². The van der Waals surface area contributed by atoms with Gasteiger partial charge in [-0.05, 0) is 36.6 Å². The molecule has 1 aromatic carbocycles. The largest absolute Gasteiger partial charge is 0.271 e. The zero-order valence-electron chi connectivity index (χ0n) is 10.2. The molecule has 0 saturated carbocycles. The van der Waals surface area contributed by atoms with E-state index in [0.717, 1.165) is 6.42 Å². The maximum absolute atomic E-state index is 5.67. The molecule has 1 heterocycles. The molecule has 3 heteroatoms. The Balaban J connectivity index is 2.28. The van der Waals surface area contributed by atoms with Gasteiger partial charge in [0.05, 0.1) is 6.04 Å². The minimum absolute atomic E-state index is 0.0969. The predicted molar refractivity (Wildman–Crippen MR) is 74.0 cm³/mol. The van der Waals surface area contributed by atoms with E-state index < -0.39 is 0 Å². The van der Waals surface area contributed by atoms with Crippen LogP contribution < -0.4 is 11.3 Å². The standard InChI is InChI=1S/C14H18N2S/c1-3-11-5-7-12(8-6-11)14(16-15)13-9-4-10(2)17-13/h4-9,14,16H,3,15H2,1-2H3. The number of aryl methyl sites for hydroxylation is 2. The van der Waals surface area contributed by atoms with Gasteiger partial charge in [-0.15, -0.1) is 11.3 Å². The van der Waals surface area contributed by atoms with E-state index in [1.807, 2.05) is 0 Å². The number of hydrogen-bond donors (Lipinski definition) is 2. The predicted octanol–water partition coefficient (Wildman–Crippen LogP) is 3.17. The van der Waals surface area contributed by atoms with E-state index in [1.54, 1.807) is 11.3 Å². The lowest BCUT2D eigenvalue weighted by molar-refractivity contribution is 0.646. The average molecular weight is 246 g/mol. The molecule has 0 saturated heterocycles. The third kappa shape index (κ3) is 2.75. The number of thiophene rings is 1. The molecule has 0 fully saturated rings. The van der Waals surface area contributed by atoms with Crippen LogP contribution in [0.15, 0.2) is 36.4 Å². The van der Waals surface area contributed by atoms with Crippen LogP contribution in [0.1, 0.15) is 33.8 Å². The first-order valence-corrected chi connectivity index (χ1v) is 6.67. The second-order valence-corrected chi connectivity index (χ2v) is 5.46. The quantitative estimate of drug-likeness (QED) is 0.642. The number of hydrogen-bond acceptors (Lipinski definition) is 3. The Kier molecular flexibility index (Phi) is 3.94. The fraction of sp³-hybridized carbons (Fsp3) is 0.286. The minimum Gasteiger partial charge on any atom is -0.271 e. The summed E-state index contributed by atoms with van der Waals surface area (Å²) in [7, 11) is 0. The first kappa shape index (κ1) is 12.3. The molecule has 0 amide bonds. The molecule has 0 aliphatic carbocycles. The molecule has 17 heavy (non-hydrogen) atoms. The highest BCUT2D eigenvalue weighted by Gasteiger charge is 2.13. The van der Waals surface area contributed by atoms with E-state index in [0.29, 0.717) is 0 Å². The zero-order valence-corrected chi connectivity index (χ0v) is 11.1. The van der Waals surface area contributed by atoms with Crippen LogP contribution in [0.4, 0.5) is 0 Å². The third-order valence-corrected chi connectivity index (χ3v) is 4.00. The Bertz CT molecular complexity index is 473. The van der Waals surface area contributed by atoms with Crippen molar-refractivity contribution in [3.63, 3.8) is 0 Å². The lowest BCUT2D eigenvalue weighted by atomic mass is 10.0. The lowest BCUT2D eigenvalue weighted by Gasteiger charge is -2.15. The number of benzene rings is 1. The normalized spacial score (nSPS) is 12.6. The van der Waals surface area contributed by atoms with Crippen LogP contribution >= 0.6 is 11.3 Å². The minimum atomic E-state index is 0.0969. The van der Waals surface area contributed by atoms with Crippen LogP contribution in [0.5, 0.6) is 0 Å². The monoisotopic (exact) mass is 246 g/mol. The average Bonchev–Trinajstić information content (AvgIpc) is 2.78. The molecule has 1 unspecified atom stereocenters. The topological polar surface area (TPSA) is 38.0 Å². The Morgan fingerprint density at radius 2 is 1.88 bits per heavy atom. The van der Waals surface area contributed by atoms with E-state index >= 15 is 0 Å². The first-order chi connectivity index (χ1) is 8.24. The van der Waals surface area contributed by atoms with Crippen molar-refractivity contribution in [2.24, 2.45) is 5.84 Å². The molecule has 0 aliphatic rings. The lowest BCUT2D eigenvalue weighted by Crippen LogP contribution is -2.28. The number of nitrogens with one attached hydrogen (secondary N) is 1. The van der Waals surface area contributed by atoms with Crippen molar-refractivity contribution >= 4 is 11.3 Å². The van der Waals surface area contributed by atoms with Crippen LogP contribution in [-0.4, -0.2) is 0 Å². The number of nitrogens with two attached hydrogens (primary N) is 1. The summed E-state index contributed by atoms with van der Waals surface area (Å²) in [6.45, 7) is 4.28. The molecular formula is C14H18N2S. The summed E-state index contributed by atoms with van der Waals surface area (Å²) in [6.07, 6.45) is 1.07. The van der Waals surface area contributed by atoms with Crippen molar-refractivity contribution in [3.8, 4) is 0 Å². The van der Waals surface area contributed by atoms with Gasteiger partial charge in [0.25, 0.3) is 0 Å².